The van der Waals surface area contributed by atoms with Gasteiger partial charge in [0, 0.05) is 17.8 Å². The van der Waals surface area contributed by atoms with E-state index < -0.39 is 0 Å². The van der Waals surface area contributed by atoms with E-state index in [-0.39, 0.29) is 11.3 Å². The van der Waals surface area contributed by atoms with E-state index in [1.165, 1.54) is 0 Å². The SMILES string of the molecule is Cc1cc(N)cc(C(=O)NCC(C)C(C)(C)C)c1. The minimum atomic E-state index is -0.0542. The summed E-state index contributed by atoms with van der Waals surface area (Å²) in [6, 6.07) is 5.42. The predicted molar refractivity (Wildman–Crippen MR) is 76.5 cm³/mol. The lowest BCUT2D eigenvalue weighted by Gasteiger charge is -2.27. The van der Waals surface area contributed by atoms with Gasteiger partial charge in [0.2, 0.25) is 0 Å². The van der Waals surface area contributed by atoms with Crippen LogP contribution < -0.4 is 11.1 Å². The van der Waals surface area contributed by atoms with Gasteiger partial charge in [0.1, 0.15) is 0 Å². The first-order chi connectivity index (χ1) is 8.20. The van der Waals surface area contributed by atoms with Gasteiger partial charge in [0.05, 0.1) is 0 Å². The van der Waals surface area contributed by atoms with Crippen LogP contribution in [-0.4, -0.2) is 12.5 Å². The van der Waals surface area contributed by atoms with Crippen molar-refractivity contribution in [1.82, 2.24) is 5.32 Å². The molecule has 1 aromatic rings. The number of rotatable bonds is 3. The number of carbonyl (C=O) groups is 1. The molecule has 0 aromatic heterocycles. The molecule has 0 radical (unpaired) electrons. The Labute approximate surface area is 110 Å². The van der Waals surface area contributed by atoms with E-state index >= 15 is 0 Å². The number of hydrogen-bond acceptors (Lipinski definition) is 2. The summed E-state index contributed by atoms with van der Waals surface area (Å²) in [7, 11) is 0. The van der Waals surface area contributed by atoms with E-state index in [0.717, 1.165) is 5.56 Å². The number of anilines is 1. The number of carbonyl (C=O) groups excluding carboxylic acids is 1. The third-order valence-electron chi connectivity index (χ3n) is 3.41. The molecule has 0 aliphatic carbocycles. The monoisotopic (exact) mass is 248 g/mol. The molecule has 0 heterocycles. The molecule has 0 fully saturated rings. The highest BCUT2D eigenvalue weighted by atomic mass is 16.1. The van der Waals surface area contributed by atoms with Crippen LogP contribution in [0.1, 0.15) is 43.6 Å². The maximum absolute atomic E-state index is 12.0. The van der Waals surface area contributed by atoms with Crippen LogP contribution in [0.5, 0.6) is 0 Å². The standard InChI is InChI=1S/C15H24N2O/c1-10-6-12(8-13(16)7-10)14(18)17-9-11(2)15(3,4)5/h6-8,11H,9,16H2,1-5H3,(H,17,18). The van der Waals surface area contributed by atoms with Crippen molar-refractivity contribution in [2.24, 2.45) is 11.3 Å². The fourth-order valence-electron chi connectivity index (χ4n) is 1.60. The number of nitrogens with one attached hydrogen (secondary N) is 1. The summed E-state index contributed by atoms with van der Waals surface area (Å²) in [4.78, 5) is 12.0. The molecule has 1 amide bonds. The molecule has 3 heteroatoms. The highest BCUT2D eigenvalue weighted by Crippen LogP contribution is 2.24. The Morgan fingerprint density at radius 3 is 2.44 bits per heavy atom. The topological polar surface area (TPSA) is 55.1 Å². The third kappa shape index (κ3) is 4.06. The van der Waals surface area contributed by atoms with E-state index in [1.54, 1.807) is 6.07 Å². The summed E-state index contributed by atoms with van der Waals surface area (Å²) in [5.74, 6) is 0.366. The molecule has 1 rings (SSSR count). The Hall–Kier alpha value is -1.51. The van der Waals surface area contributed by atoms with Gasteiger partial charge in [-0.3, -0.25) is 4.79 Å². The van der Waals surface area contributed by atoms with Gasteiger partial charge in [-0.05, 0) is 42.0 Å². The first-order valence-corrected chi connectivity index (χ1v) is 6.35. The second kappa shape index (κ2) is 5.42. The van der Waals surface area contributed by atoms with E-state index in [0.29, 0.717) is 23.7 Å². The average molecular weight is 248 g/mol. The summed E-state index contributed by atoms with van der Waals surface area (Å²) in [6.07, 6.45) is 0. The Balaban J connectivity index is 2.66. The first kappa shape index (κ1) is 14.6. The van der Waals surface area contributed by atoms with Crippen LogP contribution in [0, 0.1) is 18.3 Å². The molecule has 0 bridgehead atoms. The molecule has 3 N–H and O–H groups in total. The van der Waals surface area contributed by atoms with Crippen LogP contribution in [0.3, 0.4) is 0 Å². The lowest BCUT2D eigenvalue weighted by atomic mass is 9.82. The molecule has 18 heavy (non-hydrogen) atoms. The summed E-state index contributed by atoms with van der Waals surface area (Å²) >= 11 is 0. The van der Waals surface area contributed by atoms with E-state index in [9.17, 15) is 4.79 Å². The molecule has 0 aliphatic heterocycles. The molecule has 1 atom stereocenters. The number of nitrogen functional groups attached to an aromatic ring is 1. The maximum atomic E-state index is 12.0. The zero-order valence-corrected chi connectivity index (χ0v) is 12.0. The molecular weight excluding hydrogens is 224 g/mol. The fourth-order valence-corrected chi connectivity index (χ4v) is 1.60. The Bertz CT molecular complexity index is 412. The van der Waals surface area contributed by atoms with Crippen LogP contribution in [0.2, 0.25) is 0 Å². The van der Waals surface area contributed by atoms with Crippen LogP contribution in [0.25, 0.3) is 0 Å². The molecule has 100 valence electrons. The number of aryl methyl sites for hydroxylation is 1. The third-order valence-corrected chi connectivity index (χ3v) is 3.41. The van der Waals surface area contributed by atoms with Crippen molar-refractivity contribution in [3.63, 3.8) is 0 Å². The summed E-state index contributed by atoms with van der Waals surface area (Å²) < 4.78 is 0. The molecule has 1 unspecified atom stereocenters. The summed E-state index contributed by atoms with van der Waals surface area (Å²) in [5.41, 5.74) is 8.20. The van der Waals surface area contributed by atoms with Crippen LogP contribution >= 0.6 is 0 Å². The number of hydrogen-bond donors (Lipinski definition) is 2. The molecule has 0 saturated heterocycles. The fraction of sp³-hybridized carbons (Fsp3) is 0.533. The lowest BCUT2D eigenvalue weighted by molar-refractivity contribution is 0.0937. The second-order valence-electron chi connectivity index (χ2n) is 6.11. The van der Waals surface area contributed by atoms with Crippen molar-refractivity contribution in [2.45, 2.75) is 34.6 Å². The van der Waals surface area contributed by atoms with Crippen molar-refractivity contribution in [1.29, 1.82) is 0 Å². The van der Waals surface area contributed by atoms with Crippen molar-refractivity contribution in [2.75, 3.05) is 12.3 Å². The van der Waals surface area contributed by atoms with Crippen LogP contribution in [-0.2, 0) is 0 Å². The average Bonchev–Trinajstić information content (AvgIpc) is 2.22. The largest absolute Gasteiger partial charge is 0.399 e. The number of amides is 1. The minimum Gasteiger partial charge on any atom is -0.399 e. The Kier molecular flexibility index (Phi) is 4.38. The van der Waals surface area contributed by atoms with E-state index in [4.69, 9.17) is 5.73 Å². The van der Waals surface area contributed by atoms with Gasteiger partial charge >= 0.3 is 0 Å². The maximum Gasteiger partial charge on any atom is 0.251 e. The Morgan fingerprint density at radius 1 is 1.33 bits per heavy atom. The van der Waals surface area contributed by atoms with E-state index in [2.05, 4.69) is 33.0 Å². The van der Waals surface area contributed by atoms with Gasteiger partial charge in [0.25, 0.3) is 5.91 Å². The van der Waals surface area contributed by atoms with Crippen LogP contribution in [0.15, 0.2) is 18.2 Å². The molecule has 0 saturated carbocycles. The normalized spacial score (nSPS) is 13.2. The smallest absolute Gasteiger partial charge is 0.251 e. The first-order valence-electron chi connectivity index (χ1n) is 6.35. The second-order valence-corrected chi connectivity index (χ2v) is 6.11. The molecular formula is C15H24N2O. The molecule has 1 aromatic carbocycles. The number of benzene rings is 1. The van der Waals surface area contributed by atoms with Crippen molar-refractivity contribution < 1.29 is 4.79 Å². The van der Waals surface area contributed by atoms with Gasteiger partial charge < -0.3 is 11.1 Å². The minimum absolute atomic E-state index is 0.0542. The quantitative estimate of drug-likeness (QED) is 0.808. The highest BCUT2D eigenvalue weighted by molar-refractivity contribution is 5.95. The van der Waals surface area contributed by atoms with Gasteiger partial charge in [-0.15, -0.1) is 0 Å². The number of nitrogens with two attached hydrogens (primary N) is 1. The summed E-state index contributed by atoms with van der Waals surface area (Å²) in [6.45, 7) is 11.3. The molecule has 0 spiro atoms. The zero-order chi connectivity index (χ0) is 13.9. The van der Waals surface area contributed by atoms with Crippen molar-refractivity contribution in [3.8, 4) is 0 Å². The lowest BCUT2D eigenvalue weighted by Crippen LogP contribution is -2.33. The van der Waals surface area contributed by atoms with Gasteiger partial charge in [-0.2, -0.15) is 0 Å². The van der Waals surface area contributed by atoms with Gasteiger partial charge in [-0.25, -0.2) is 0 Å². The predicted octanol–water partition coefficient (Wildman–Crippen LogP) is 2.99. The highest BCUT2D eigenvalue weighted by Gasteiger charge is 2.20. The van der Waals surface area contributed by atoms with E-state index in [1.807, 2.05) is 19.1 Å². The Morgan fingerprint density at radius 2 is 1.94 bits per heavy atom. The van der Waals surface area contributed by atoms with Gasteiger partial charge in [-0.1, -0.05) is 27.7 Å². The molecule has 3 nitrogen and oxygen atoms in total. The molecule has 0 aliphatic rings. The summed E-state index contributed by atoms with van der Waals surface area (Å²) in [5, 5.41) is 2.97. The van der Waals surface area contributed by atoms with Crippen LogP contribution in [0.4, 0.5) is 5.69 Å². The van der Waals surface area contributed by atoms with Crippen molar-refractivity contribution in [3.05, 3.63) is 29.3 Å². The zero-order valence-electron chi connectivity index (χ0n) is 12.0. The van der Waals surface area contributed by atoms with Crippen molar-refractivity contribution >= 4 is 11.6 Å². The van der Waals surface area contributed by atoms with Gasteiger partial charge in [0.15, 0.2) is 0 Å².